The van der Waals surface area contributed by atoms with Gasteiger partial charge in [-0.3, -0.25) is 0 Å². The normalized spacial score (nSPS) is 26.7. The topological polar surface area (TPSA) is 37.4 Å². The quantitative estimate of drug-likeness (QED) is 0.793. The number of hydrogen-bond donors (Lipinski definition) is 0. The van der Waals surface area contributed by atoms with Crippen LogP contribution < -0.4 is 0 Å². The van der Waals surface area contributed by atoms with Crippen LogP contribution in [0.3, 0.4) is 0 Å². The van der Waals surface area contributed by atoms with Crippen LogP contribution in [0, 0.1) is 5.92 Å². The number of piperidine rings is 1. The average Bonchev–Trinajstić information content (AvgIpc) is 2.95. The third-order valence-corrected chi connectivity index (χ3v) is 6.97. The number of rotatable bonds is 4. The molecule has 0 bridgehead atoms. The summed E-state index contributed by atoms with van der Waals surface area (Å²) < 4.78 is 27.4. The second kappa shape index (κ2) is 6.27. The van der Waals surface area contributed by atoms with E-state index in [-0.39, 0.29) is 11.8 Å². The fourth-order valence-corrected chi connectivity index (χ4v) is 5.88. The molecule has 0 aromatic heterocycles. The third kappa shape index (κ3) is 3.27. The first-order valence-corrected chi connectivity index (χ1v) is 9.88. The van der Waals surface area contributed by atoms with Gasteiger partial charge in [0.25, 0.3) is 0 Å². The summed E-state index contributed by atoms with van der Waals surface area (Å²) in [6.45, 7) is 0.693. The molecule has 0 radical (unpaired) electrons. The van der Waals surface area contributed by atoms with Gasteiger partial charge < -0.3 is 0 Å². The van der Waals surface area contributed by atoms with Crippen LogP contribution in [-0.4, -0.2) is 25.3 Å². The minimum Gasteiger partial charge on any atom is -0.212 e. The van der Waals surface area contributed by atoms with Crippen molar-refractivity contribution in [2.45, 2.75) is 49.8 Å². The standard InChI is InChI=1S/C16H22ClNO2S/c17-11-13-4-1-5-14(10-13)12-21(19,20)18-9-3-7-15-6-2-8-16(15)18/h1,4-5,10,15-16H,2-3,6-9,11-12H2. The Morgan fingerprint density at radius 1 is 1.14 bits per heavy atom. The monoisotopic (exact) mass is 327 g/mol. The lowest BCUT2D eigenvalue weighted by Gasteiger charge is -2.36. The van der Waals surface area contributed by atoms with Gasteiger partial charge in [-0.15, -0.1) is 11.6 Å². The minimum atomic E-state index is -3.23. The highest BCUT2D eigenvalue weighted by Gasteiger charge is 2.40. The molecule has 3 rings (SSSR count). The first kappa shape index (κ1) is 15.3. The minimum absolute atomic E-state index is 0.0982. The van der Waals surface area contributed by atoms with Crippen LogP contribution in [0.15, 0.2) is 24.3 Å². The molecule has 1 aliphatic heterocycles. The Hall–Kier alpha value is -0.580. The molecule has 1 saturated heterocycles. The molecule has 1 aliphatic carbocycles. The van der Waals surface area contributed by atoms with Crippen molar-refractivity contribution in [1.29, 1.82) is 0 Å². The van der Waals surface area contributed by atoms with Crippen molar-refractivity contribution in [3.63, 3.8) is 0 Å². The molecule has 2 atom stereocenters. The van der Waals surface area contributed by atoms with Crippen LogP contribution in [0.4, 0.5) is 0 Å². The van der Waals surface area contributed by atoms with Crippen molar-refractivity contribution in [3.8, 4) is 0 Å². The van der Waals surface area contributed by atoms with Crippen molar-refractivity contribution < 1.29 is 8.42 Å². The molecule has 116 valence electrons. The first-order valence-electron chi connectivity index (χ1n) is 7.73. The van der Waals surface area contributed by atoms with E-state index in [0.717, 1.165) is 24.0 Å². The zero-order valence-electron chi connectivity index (χ0n) is 12.2. The average molecular weight is 328 g/mol. The van der Waals surface area contributed by atoms with Gasteiger partial charge in [0, 0.05) is 18.5 Å². The van der Waals surface area contributed by atoms with E-state index in [1.54, 1.807) is 4.31 Å². The lowest BCUT2D eigenvalue weighted by atomic mass is 9.94. The molecule has 3 nitrogen and oxygen atoms in total. The van der Waals surface area contributed by atoms with Gasteiger partial charge in [-0.25, -0.2) is 8.42 Å². The fraction of sp³-hybridized carbons (Fsp3) is 0.625. The summed E-state index contributed by atoms with van der Waals surface area (Å²) in [5, 5.41) is 0. The number of nitrogens with zero attached hydrogens (tertiary/aromatic N) is 1. The van der Waals surface area contributed by atoms with E-state index in [4.69, 9.17) is 11.6 Å². The van der Waals surface area contributed by atoms with Gasteiger partial charge in [-0.05, 0) is 42.7 Å². The Kier molecular flexibility index (Phi) is 4.57. The zero-order chi connectivity index (χ0) is 14.9. The Labute approximate surface area is 132 Å². The van der Waals surface area contributed by atoms with E-state index in [1.807, 2.05) is 24.3 Å². The molecule has 2 aliphatic rings. The molecule has 21 heavy (non-hydrogen) atoms. The third-order valence-electron chi connectivity index (χ3n) is 4.79. The predicted octanol–water partition coefficient (Wildman–Crippen LogP) is 3.52. The first-order chi connectivity index (χ1) is 10.1. The van der Waals surface area contributed by atoms with Crippen LogP contribution >= 0.6 is 11.6 Å². The SMILES string of the molecule is O=S(=O)(Cc1cccc(CCl)c1)N1CCCC2CCCC21. The second-order valence-electron chi connectivity index (χ2n) is 6.22. The van der Waals surface area contributed by atoms with E-state index in [9.17, 15) is 8.42 Å². The lowest BCUT2D eigenvalue weighted by molar-refractivity contribution is 0.202. The van der Waals surface area contributed by atoms with Crippen molar-refractivity contribution in [2.24, 2.45) is 5.92 Å². The predicted molar refractivity (Wildman–Crippen MR) is 85.7 cm³/mol. The van der Waals surface area contributed by atoms with Crippen LogP contribution in [0.1, 0.15) is 43.2 Å². The molecular formula is C16H22ClNO2S. The number of sulfonamides is 1. The Balaban J connectivity index is 1.79. The molecule has 0 N–H and O–H groups in total. The molecule has 1 aromatic carbocycles. The molecule has 5 heteroatoms. The van der Waals surface area contributed by atoms with Crippen LogP contribution in [0.25, 0.3) is 0 Å². The van der Waals surface area contributed by atoms with Gasteiger partial charge in [0.05, 0.1) is 5.75 Å². The van der Waals surface area contributed by atoms with Gasteiger partial charge in [-0.1, -0.05) is 30.7 Å². The second-order valence-corrected chi connectivity index (χ2v) is 8.41. The fourth-order valence-electron chi connectivity index (χ4n) is 3.85. The molecule has 0 spiro atoms. The summed E-state index contributed by atoms with van der Waals surface area (Å²) in [5.74, 6) is 1.10. The number of hydrogen-bond acceptors (Lipinski definition) is 2. The summed E-state index contributed by atoms with van der Waals surface area (Å²) in [6, 6.07) is 7.85. The van der Waals surface area contributed by atoms with Crippen molar-refractivity contribution in [3.05, 3.63) is 35.4 Å². The van der Waals surface area contributed by atoms with Gasteiger partial charge >= 0.3 is 0 Å². The number of alkyl halides is 1. The Morgan fingerprint density at radius 3 is 2.71 bits per heavy atom. The number of fused-ring (bicyclic) bond motifs is 1. The van der Waals surface area contributed by atoms with Gasteiger partial charge in [-0.2, -0.15) is 4.31 Å². The maximum Gasteiger partial charge on any atom is 0.218 e. The highest BCUT2D eigenvalue weighted by atomic mass is 35.5. The highest BCUT2D eigenvalue weighted by Crippen LogP contribution is 2.38. The molecule has 2 unspecified atom stereocenters. The molecule has 1 heterocycles. The summed E-state index contributed by atoms with van der Waals surface area (Å²) in [6.07, 6.45) is 5.59. The summed E-state index contributed by atoms with van der Waals surface area (Å²) in [7, 11) is -3.23. The largest absolute Gasteiger partial charge is 0.218 e. The van der Waals surface area contributed by atoms with E-state index in [1.165, 1.54) is 19.3 Å². The summed E-state index contributed by atoms with van der Waals surface area (Å²) in [5.41, 5.74) is 1.81. The van der Waals surface area contributed by atoms with Crippen molar-refractivity contribution in [1.82, 2.24) is 4.31 Å². The Morgan fingerprint density at radius 2 is 1.90 bits per heavy atom. The number of halogens is 1. The summed E-state index contributed by atoms with van der Waals surface area (Å²) in [4.78, 5) is 0. The Bertz CT molecular complexity index is 602. The van der Waals surface area contributed by atoms with Crippen LogP contribution in [0.2, 0.25) is 0 Å². The van der Waals surface area contributed by atoms with Gasteiger partial charge in [0.15, 0.2) is 0 Å². The smallest absolute Gasteiger partial charge is 0.212 e. The van der Waals surface area contributed by atoms with Gasteiger partial charge in [0.2, 0.25) is 10.0 Å². The lowest BCUT2D eigenvalue weighted by Crippen LogP contribution is -2.46. The molecule has 1 saturated carbocycles. The van der Waals surface area contributed by atoms with E-state index >= 15 is 0 Å². The van der Waals surface area contributed by atoms with Gasteiger partial charge in [0.1, 0.15) is 0 Å². The van der Waals surface area contributed by atoms with E-state index in [2.05, 4.69) is 0 Å². The summed E-state index contributed by atoms with van der Waals surface area (Å²) >= 11 is 5.83. The molecule has 1 aromatic rings. The zero-order valence-corrected chi connectivity index (χ0v) is 13.7. The van der Waals surface area contributed by atoms with Crippen LogP contribution in [-0.2, 0) is 21.7 Å². The van der Waals surface area contributed by atoms with E-state index < -0.39 is 10.0 Å². The molecular weight excluding hydrogens is 306 g/mol. The maximum atomic E-state index is 12.8. The van der Waals surface area contributed by atoms with Crippen LogP contribution in [0.5, 0.6) is 0 Å². The van der Waals surface area contributed by atoms with Crippen molar-refractivity contribution in [2.75, 3.05) is 6.54 Å². The van der Waals surface area contributed by atoms with E-state index in [0.29, 0.717) is 18.3 Å². The molecule has 0 amide bonds. The molecule has 2 fully saturated rings. The van der Waals surface area contributed by atoms with Crippen molar-refractivity contribution >= 4 is 21.6 Å². The number of benzene rings is 1. The highest BCUT2D eigenvalue weighted by molar-refractivity contribution is 7.88. The maximum absolute atomic E-state index is 12.8.